The number of aryl methyl sites for hydroxylation is 1. The van der Waals surface area contributed by atoms with Crippen LogP contribution in [0.1, 0.15) is 16.1 Å². The number of hydrogen-bond acceptors (Lipinski definition) is 3. The number of nitrogens with one attached hydrogen (secondary N) is 2. The Morgan fingerprint density at radius 3 is 2.85 bits per heavy atom. The summed E-state index contributed by atoms with van der Waals surface area (Å²) in [6.07, 6.45) is 2.38. The number of amides is 1. The van der Waals surface area contributed by atoms with E-state index in [4.69, 9.17) is 0 Å². The normalized spacial score (nSPS) is 10.3. The fraction of sp³-hybridized carbons (Fsp3) is 0.286. The van der Waals surface area contributed by atoms with Crippen molar-refractivity contribution in [3.05, 3.63) is 47.5 Å². The Hall–Kier alpha value is -2.37. The molecule has 0 aliphatic heterocycles. The summed E-state index contributed by atoms with van der Waals surface area (Å²) in [4.78, 5) is 12.0. The first-order valence-electron chi connectivity index (χ1n) is 6.35. The van der Waals surface area contributed by atoms with Gasteiger partial charge in [-0.05, 0) is 18.2 Å². The van der Waals surface area contributed by atoms with Crippen LogP contribution in [0.4, 0.5) is 10.1 Å². The van der Waals surface area contributed by atoms with Gasteiger partial charge in [0.25, 0.3) is 5.91 Å². The van der Waals surface area contributed by atoms with Crippen molar-refractivity contribution < 1.29 is 9.18 Å². The molecule has 0 saturated carbocycles. The average molecular weight is 276 g/mol. The third-order valence-electron chi connectivity index (χ3n) is 3.10. The summed E-state index contributed by atoms with van der Waals surface area (Å²) in [5, 5.41) is 9.54. The Kier molecular flexibility index (Phi) is 4.34. The highest BCUT2D eigenvalue weighted by Crippen LogP contribution is 2.18. The number of para-hydroxylation sites is 1. The zero-order chi connectivity index (χ0) is 14.5. The number of anilines is 1. The Bertz CT molecular complexity index is 609. The van der Waals surface area contributed by atoms with Crippen molar-refractivity contribution in [3.63, 3.8) is 0 Å². The van der Waals surface area contributed by atoms with Crippen molar-refractivity contribution in [1.82, 2.24) is 15.1 Å². The van der Waals surface area contributed by atoms with E-state index in [0.717, 1.165) is 5.69 Å². The lowest BCUT2D eigenvalue weighted by Crippen LogP contribution is -2.27. The van der Waals surface area contributed by atoms with Crippen molar-refractivity contribution in [1.29, 1.82) is 0 Å². The number of aromatic nitrogens is 2. The van der Waals surface area contributed by atoms with Gasteiger partial charge in [0.15, 0.2) is 0 Å². The zero-order valence-corrected chi connectivity index (χ0v) is 11.5. The maximum atomic E-state index is 13.6. The van der Waals surface area contributed by atoms with E-state index in [9.17, 15) is 9.18 Å². The molecule has 5 nitrogen and oxygen atoms in total. The van der Waals surface area contributed by atoms with E-state index >= 15 is 0 Å². The zero-order valence-electron chi connectivity index (χ0n) is 11.5. The van der Waals surface area contributed by atoms with Crippen LogP contribution in [-0.4, -0.2) is 29.3 Å². The largest absolute Gasteiger partial charge is 0.385 e. The number of hydrogen-bond donors (Lipinski definition) is 2. The van der Waals surface area contributed by atoms with E-state index in [1.807, 2.05) is 13.1 Å². The van der Waals surface area contributed by atoms with E-state index in [1.165, 1.54) is 12.1 Å². The lowest BCUT2D eigenvalue weighted by atomic mass is 10.1. The van der Waals surface area contributed by atoms with Gasteiger partial charge >= 0.3 is 0 Å². The Labute approximate surface area is 116 Å². The molecular formula is C14H17FN4O. The van der Waals surface area contributed by atoms with Crippen molar-refractivity contribution in [2.24, 2.45) is 7.05 Å². The molecule has 1 amide bonds. The Balaban J connectivity index is 1.99. The van der Waals surface area contributed by atoms with E-state index in [1.54, 1.807) is 24.0 Å². The van der Waals surface area contributed by atoms with Crippen LogP contribution in [0.2, 0.25) is 0 Å². The maximum Gasteiger partial charge on any atom is 0.253 e. The number of nitrogens with zero attached hydrogens (tertiary/aromatic N) is 2. The van der Waals surface area contributed by atoms with Crippen LogP contribution < -0.4 is 10.6 Å². The smallest absolute Gasteiger partial charge is 0.253 e. The number of benzene rings is 1. The van der Waals surface area contributed by atoms with Crippen LogP contribution in [0.5, 0.6) is 0 Å². The van der Waals surface area contributed by atoms with Crippen LogP contribution in [0, 0.1) is 5.82 Å². The highest BCUT2D eigenvalue weighted by atomic mass is 19.1. The Morgan fingerprint density at radius 1 is 1.40 bits per heavy atom. The topological polar surface area (TPSA) is 59.0 Å². The van der Waals surface area contributed by atoms with Crippen LogP contribution >= 0.6 is 0 Å². The molecule has 0 aliphatic rings. The van der Waals surface area contributed by atoms with Crippen LogP contribution in [0.25, 0.3) is 0 Å². The van der Waals surface area contributed by atoms with Gasteiger partial charge in [-0.3, -0.25) is 9.48 Å². The molecule has 0 fully saturated rings. The molecular weight excluding hydrogens is 259 g/mol. The van der Waals surface area contributed by atoms with Gasteiger partial charge in [-0.2, -0.15) is 5.10 Å². The van der Waals surface area contributed by atoms with E-state index in [-0.39, 0.29) is 11.6 Å². The van der Waals surface area contributed by atoms with Gasteiger partial charge in [0, 0.05) is 39.0 Å². The lowest BCUT2D eigenvalue weighted by Gasteiger charge is -2.10. The second-order valence-corrected chi connectivity index (χ2v) is 4.36. The molecule has 0 atom stereocenters. The summed E-state index contributed by atoms with van der Waals surface area (Å²) in [6, 6.07) is 6.33. The minimum atomic E-state index is -0.438. The van der Waals surface area contributed by atoms with Crippen molar-refractivity contribution >= 4 is 11.6 Å². The molecule has 0 radical (unpaired) electrons. The molecule has 20 heavy (non-hydrogen) atoms. The second kappa shape index (κ2) is 6.18. The van der Waals surface area contributed by atoms with Gasteiger partial charge < -0.3 is 10.6 Å². The Morgan fingerprint density at radius 2 is 2.20 bits per heavy atom. The third-order valence-corrected chi connectivity index (χ3v) is 3.10. The molecule has 106 valence electrons. The van der Waals surface area contributed by atoms with Gasteiger partial charge in [-0.1, -0.05) is 6.07 Å². The SMILES string of the molecule is CNc1c(F)cccc1C(=O)NCCc1ccnn1C. The minimum absolute atomic E-state index is 0.213. The second-order valence-electron chi connectivity index (χ2n) is 4.36. The molecule has 0 spiro atoms. The highest BCUT2D eigenvalue weighted by molar-refractivity contribution is 5.99. The molecule has 0 bridgehead atoms. The fourth-order valence-corrected chi connectivity index (χ4v) is 2.01. The van der Waals surface area contributed by atoms with Gasteiger partial charge in [0.1, 0.15) is 5.82 Å². The van der Waals surface area contributed by atoms with Crippen molar-refractivity contribution in [2.75, 3.05) is 18.9 Å². The van der Waals surface area contributed by atoms with Gasteiger partial charge in [0.05, 0.1) is 11.3 Å². The number of halogens is 1. The van der Waals surface area contributed by atoms with Crippen LogP contribution in [0.3, 0.4) is 0 Å². The van der Waals surface area contributed by atoms with E-state index in [2.05, 4.69) is 15.7 Å². The highest BCUT2D eigenvalue weighted by Gasteiger charge is 2.13. The summed E-state index contributed by atoms with van der Waals surface area (Å²) >= 11 is 0. The molecule has 1 aromatic carbocycles. The predicted octanol–water partition coefficient (Wildman–Crippen LogP) is 1.57. The maximum absolute atomic E-state index is 13.6. The summed E-state index contributed by atoms with van der Waals surface area (Å²) in [5.74, 6) is -0.734. The van der Waals surface area contributed by atoms with Crippen molar-refractivity contribution in [3.8, 4) is 0 Å². The quantitative estimate of drug-likeness (QED) is 0.871. The standard InChI is InChI=1S/C14H17FN4O/c1-16-13-11(4-3-5-12(13)15)14(20)17-8-6-10-7-9-18-19(10)2/h3-5,7,9,16H,6,8H2,1-2H3,(H,17,20). The van der Waals surface area contributed by atoms with Gasteiger partial charge in [-0.15, -0.1) is 0 Å². The molecule has 2 rings (SSSR count). The van der Waals surface area contributed by atoms with Gasteiger partial charge in [-0.25, -0.2) is 4.39 Å². The molecule has 6 heteroatoms. The van der Waals surface area contributed by atoms with E-state index in [0.29, 0.717) is 18.5 Å². The summed E-state index contributed by atoms with van der Waals surface area (Å²) < 4.78 is 15.3. The number of carbonyl (C=O) groups excluding carboxylic acids is 1. The van der Waals surface area contributed by atoms with Crippen LogP contribution in [0.15, 0.2) is 30.5 Å². The number of carbonyl (C=O) groups is 1. The molecule has 0 aliphatic carbocycles. The summed E-state index contributed by atoms with van der Waals surface area (Å²) in [5.41, 5.74) is 1.54. The fourth-order valence-electron chi connectivity index (χ4n) is 2.01. The average Bonchev–Trinajstić information content (AvgIpc) is 2.84. The summed E-state index contributed by atoms with van der Waals surface area (Å²) in [6.45, 7) is 0.470. The molecule has 1 heterocycles. The molecule has 2 N–H and O–H groups in total. The van der Waals surface area contributed by atoms with E-state index < -0.39 is 5.82 Å². The first-order valence-corrected chi connectivity index (χ1v) is 6.35. The first-order chi connectivity index (χ1) is 9.63. The monoisotopic (exact) mass is 276 g/mol. The molecule has 1 aromatic heterocycles. The molecule has 0 unspecified atom stereocenters. The molecule has 2 aromatic rings. The minimum Gasteiger partial charge on any atom is -0.385 e. The van der Waals surface area contributed by atoms with Crippen LogP contribution in [-0.2, 0) is 13.5 Å². The summed E-state index contributed by atoms with van der Waals surface area (Å²) in [7, 11) is 3.44. The predicted molar refractivity (Wildman–Crippen MR) is 75.2 cm³/mol. The third kappa shape index (κ3) is 2.96. The lowest BCUT2D eigenvalue weighted by molar-refractivity contribution is 0.0954. The van der Waals surface area contributed by atoms with Gasteiger partial charge in [0.2, 0.25) is 0 Å². The van der Waals surface area contributed by atoms with Crippen molar-refractivity contribution in [2.45, 2.75) is 6.42 Å². The number of rotatable bonds is 5. The molecule has 0 saturated heterocycles. The first kappa shape index (κ1) is 14.0.